The first-order valence-corrected chi connectivity index (χ1v) is 7.50. The topological polar surface area (TPSA) is 58.6 Å². The second-order valence-corrected chi connectivity index (χ2v) is 5.78. The number of carbonyl (C=O) groups is 1. The van der Waals surface area contributed by atoms with Gasteiger partial charge in [0.05, 0.1) is 13.0 Å². The Bertz CT molecular complexity index is 540. The molecule has 7 heteroatoms. The summed E-state index contributed by atoms with van der Waals surface area (Å²) >= 11 is 0. The minimum Gasteiger partial charge on any atom is -0.497 e. The number of carbonyl (C=O) groups excluding carboxylic acids is 1. The van der Waals surface area contributed by atoms with Gasteiger partial charge < -0.3 is 15.2 Å². The minimum atomic E-state index is -4.17. The molecule has 1 fully saturated rings. The Morgan fingerprint density at radius 2 is 1.96 bits per heavy atom. The zero-order valence-electron chi connectivity index (χ0n) is 12.8. The van der Waals surface area contributed by atoms with E-state index in [-0.39, 0.29) is 31.7 Å². The molecule has 1 aliphatic rings. The first-order chi connectivity index (χ1) is 10.8. The molecule has 0 radical (unpaired) electrons. The van der Waals surface area contributed by atoms with Crippen LogP contribution < -0.4 is 10.1 Å². The smallest absolute Gasteiger partial charge is 0.391 e. The molecule has 4 nitrogen and oxygen atoms in total. The molecule has 0 aromatic heterocycles. The summed E-state index contributed by atoms with van der Waals surface area (Å²) < 4.78 is 42.9. The van der Waals surface area contributed by atoms with E-state index in [4.69, 9.17) is 4.74 Å². The van der Waals surface area contributed by atoms with E-state index in [1.54, 1.807) is 24.3 Å². The van der Waals surface area contributed by atoms with Gasteiger partial charge in [-0.1, -0.05) is 12.1 Å². The van der Waals surface area contributed by atoms with Crippen LogP contribution in [-0.4, -0.2) is 30.3 Å². The first kappa shape index (κ1) is 17.6. The van der Waals surface area contributed by atoms with Crippen LogP contribution >= 0.6 is 0 Å². The van der Waals surface area contributed by atoms with Crippen LogP contribution in [0.4, 0.5) is 13.2 Å². The monoisotopic (exact) mass is 331 g/mol. The van der Waals surface area contributed by atoms with Crippen molar-refractivity contribution in [2.75, 3.05) is 7.11 Å². The Hall–Kier alpha value is -1.76. The van der Waals surface area contributed by atoms with E-state index in [9.17, 15) is 23.1 Å². The standard InChI is InChI=1S/C16H20F3NO3/c1-23-13-4-2-3-10(9-13)14(21)15(22)20-12-7-5-11(6-8-12)16(17,18)19/h2-4,9,11-12,14,21H,5-8H2,1H3,(H,20,22)/t11?,12?,14-/m0/s1. The zero-order chi connectivity index (χ0) is 17.0. The number of rotatable bonds is 4. The molecular weight excluding hydrogens is 311 g/mol. The number of amides is 1. The number of ether oxygens (including phenoxy) is 1. The molecule has 1 saturated carbocycles. The van der Waals surface area contributed by atoms with Gasteiger partial charge in [0, 0.05) is 6.04 Å². The summed E-state index contributed by atoms with van der Waals surface area (Å²) in [5.41, 5.74) is 0.380. The summed E-state index contributed by atoms with van der Waals surface area (Å²) in [6.07, 6.45) is -5.00. The number of aliphatic hydroxyl groups excluding tert-OH is 1. The second-order valence-electron chi connectivity index (χ2n) is 5.78. The average molecular weight is 331 g/mol. The largest absolute Gasteiger partial charge is 0.497 e. The van der Waals surface area contributed by atoms with E-state index >= 15 is 0 Å². The Morgan fingerprint density at radius 1 is 1.30 bits per heavy atom. The quantitative estimate of drug-likeness (QED) is 0.892. The van der Waals surface area contributed by atoms with Gasteiger partial charge in [-0.3, -0.25) is 4.79 Å². The number of methoxy groups -OCH3 is 1. The molecule has 2 rings (SSSR count). The van der Waals surface area contributed by atoms with E-state index in [0.29, 0.717) is 11.3 Å². The lowest BCUT2D eigenvalue weighted by molar-refractivity contribution is -0.182. The highest BCUT2D eigenvalue weighted by Crippen LogP contribution is 2.37. The van der Waals surface area contributed by atoms with E-state index in [1.807, 2.05) is 0 Å². The maximum Gasteiger partial charge on any atom is 0.391 e. The summed E-state index contributed by atoms with van der Waals surface area (Å²) in [7, 11) is 1.48. The third-order valence-corrected chi connectivity index (χ3v) is 4.19. The van der Waals surface area contributed by atoms with Crippen molar-refractivity contribution in [2.45, 2.75) is 44.0 Å². The molecule has 0 heterocycles. The SMILES string of the molecule is COc1cccc([C@H](O)C(=O)NC2CCC(C(F)(F)F)CC2)c1. The molecule has 0 bridgehead atoms. The van der Waals surface area contributed by atoms with Crippen LogP contribution in [-0.2, 0) is 4.79 Å². The summed E-state index contributed by atoms with van der Waals surface area (Å²) in [6.45, 7) is 0. The Kier molecular flexibility index (Phi) is 5.51. The van der Waals surface area contributed by atoms with Crippen LogP contribution in [0.5, 0.6) is 5.75 Å². The van der Waals surface area contributed by atoms with E-state index in [0.717, 1.165) is 0 Å². The van der Waals surface area contributed by atoms with E-state index < -0.39 is 24.1 Å². The van der Waals surface area contributed by atoms with Crippen molar-refractivity contribution < 1.29 is 27.8 Å². The molecule has 0 spiro atoms. The molecule has 2 N–H and O–H groups in total. The summed E-state index contributed by atoms with van der Waals surface area (Å²) in [4.78, 5) is 12.1. The second kappa shape index (κ2) is 7.21. The molecule has 128 valence electrons. The predicted octanol–water partition coefficient (Wildman–Crippen LogP) is 2.97. The molecule has 1 aliphatic carbocycles. The highest BCUT2D eigenvalue weighted by Gasteiger charge is 2.41. The van der Waals surface area contributed by atoms with Gasteiger partial charge in [0.1, 0.15) is 5.75 Å². The molecule has 0 aliphatic heterocycles. The number of benzene rings is 1. The molecule has 23 heavy (non-hydrogen) atoms. The maximum absolute atomic E-state index is 12.6. The summed E-state index contributed by atoms with van der Waals surface area (Å²) in [6, 6.07) is 6.14. The normalized spacial score (nSPS) is 23.2. The van der Waals surface area contributed by atoms with Crippen LogP contribution in [0.1, 0.15) is 37.4 Å². The third-order valence-electron chi connectivity index (χ3n) is 4.19. The number of nitrogens with one attached hydrogen (secondary N) is 1. The van der Waals surface area contributed by atoms with Crippen molar-refractivity contribution >= 4 is 5.91 Å². The van der Waals surface area contributed by atoms with Gasteiger partial charge in [-0.2, -0.15) is 13.2 Å². The van der Waals surface area contributed by atoms with Gasteiger partial charge in [0.2, 0.25) is 0 Å². The van der Waals surface area contributed by atoms with Crippen LogP contribution in [0.15, 0.2) is 24.3 Å². The van der Waals surface area contributed by atoms with Gasteiger partial charge in [-0.05, 0) is 43.4 Å². The lowest BCUT2D eigenvalue weighted by Gasteiger charge is -2.30. The van der Waals surface area contributed by atoms with Crippen molar-refractivity contribution in [3.05, 3.63) is 29.8 Å². The lowest BCUT2D eigenvalue weighted by atomic mass is 9.85. The fraction of sp³-hybridized carbons (Fsp3) is 0.562. The maximum atomic E-state index is 12.6. The highest BCUT2D eigenvalue weighted by atomic mass is 19.4. The van der Waals surface area contributed by atoms with Crippen molar-refractivity contribution in [1.29, 1.82) is 0 Å². The molecule has 1 amide bonds. The molecule has 1 aromatic rings. The van der Waals surface area contributed by atoms with Gasteiger partial charge >= 0.3 is 6.18 Å². The third kappa shape index (κ3) is 4.60. The van der Waals surface area contributed by atoms with E-state index in [2.05, 4.69) is 5.32 Å². The van der Waals surface area contributed by atoms with Gasteiger partial charge in [0.25, 0.3) is 5.91 Å². The highest BCUT2D eigenvalue weighted by molar-refractivity contribution is 5.82. The van der Waals surface area contributed by atoms with Crippen LogP contribution in [0.2, 0.25) is 0 Å². The predicted molar refractivity (Wildman–Crippen MR) is 77.9 cm³/mol. The number of halogens is 3. The number of alkyl halides is 3. The number of hydrogen-bond donors (Lipinski definition) is 2. The van der Waals surface area contributed by atoms with Gasteiger partial charge in [-0.25, -0.2) is 0 Å². The minimum absolute atomic E-state index is 0.00367. The molecule has 0 unspecified atom stereocenters. The summed E-state index contributed by atoms with van der Waals surface area (Å²) in [5, 5.41) is 12.7. The fourth-order valence-corrected chi connectivity index (χ4v) is 2.81. The number of hydrogen-bond acceptors (Lipinski definition) is 3. The van der Waals surface area contributed by atoms with Gasteiger partial charge in [-0.15, -0.1) is 0 Å². The van der Waals surface area contributed by atoms with Crippen molar-refractivity contribution in [3.63, 3.8) is 0 Å². The Morgan fingerprint density at radius 3 is 2.52 bits per heavy atom. The fourth-order valence-electron chi connectivity index (χ4n) is 2.81. The molecule has 1 atom stereocenters. The first-order valence-electron chi connectivity index (χ1n) is 7.50. The molecular formula is C16H20F3NO3. The molecule has 0 saturated heterocycles. The summed E-state index contributed by atoms with van der Waals surface area (Å²) in [5.74, 6) is -1.38. The van der Waals surface area contributed by atoms with Crippen LogP contribution in [0.25, 0.3) is 0 Å². The van der Waals surface area contributed by atoms with Crippen LogP contribution in [0, 0.1) is 5.92 Å². The van der Waals surface area contributed by atoms with Crippen molar-refractivity contribution in [1.82, 2.24) is 5.32 Å². The Labute approximate surface area is 132 Å². The van der Waals surface area contributed by atoms with Crippen molar-refractivity contribution in [3.8, 4) is 5.75 Å². The molecule has 1 aromatic carbocycles. The van der Waals surface area contributed by atoms with Crippen molar-refractivity contribution in [2.24, 2.45) is 5.92 Å². The average Bonchev–Trinajstić information content (AvgIpc) is 2.53. The van der Waals surface area contributed by atoms with Gasteiger partial charge in [0.15, 0.2) is 6.10 Å². The lowest BCUT2D eigenvalue weighted by Crippen LogP contribution is -2.42. The number of aliphatic hydroxyl groups is 1. The zero-order valence-corrected chi connectivity index (χ0v) is 12.8. The van der Waals surface area contributed by atoms with Crippen LogP contribution in [0.3, 0.4) is 0 Å². The van der Waals surface area contributed by atoms with E-state index in [1.165, 1.54) is 7.11 Å². The Balaban J connectivity index is 1.89.